The molecule has 0 aromatic rings. The van der Waals surface area contributed by atoms with Crippen molar-refractivity contribution >= 4 is 0 Å². The van der Waals surface area contributed by atoms with E-state index in [1.165, 1.54) is 6.26 Å². The molecule has 0 radical (unpaired) electrons. The highest BCUT2D eigenvalue weighted by Crippen LogP contribution is 2.13. The van der Waals surface area contributed by atoms with Gasteiger partial charge in [0.2, 0.25) is 0 Å². The van der Waals surface area contributed by atoms with Crippen LogP contribution in [0.4, 0.5) is 0 Å². The summed E-state index contributed by atoms with van der Waals surface area (Å²) < 4.78 is 15.7. The Kier molecular flexibility index (Phi) is 6.53. The molecular weight excluding hydrogens is 184 g/mol. The first-order valence-electron chi connectivity index (χ1n) is 4.67. The molecule has 0 aromatic carbocycles. The monoisotopic (exact) mass is 204 g/mol. The molecule has 84 valence electrons. The SMILES string of the molecule is C=COCCOC(C)(C)OC(C)CO. The Labute approximate surface area is 85.5 Å². The Morgan fingerprint density at radius 1 is 1.43 bits per heavy atom. The van der Waals surface area contributed by atoms with Crippen molar-refractivity contribution in [2.75, 3.05) is 19.8 Å². The smallest absolute Gasteiger partial charge is 0.163 e. The van der Waals surface area contributed by atoms with Crippen LogP contribution >= 0.6 is 0 Å². The maximum atomic E-state index is 8.79. The van der Waals surface area contributed by atoms with E-state index in [1.807, 2.05) is 0 Å². The summed E-state index contributed by atoms with van der Waals surface area (Å²) in [6.07, 6.45) is 1.14. The minimum Gasteiger partial charge on any atom is -0.499 e. The van der Waals surface area contributed by atoms with Gasteiger partial charge < -0.3 is 19.3 Å². The molecular formula is C10H20O4. The molecule has 0 amide bonds. The van der Waals surface area contributed by atoms with Gasteiger partial charge in [-0.25, -0.2) is 0 Å². The Morgan fingerprint density at radius 3 is 2.57 bits per heavy atom. The van der Waals surface area contributed by atoms with Gasteiger partial charge in [-0.15, -0.1) is 0 Å². The third-order valence-corrected chi connectivity index (χ3v) is 1.51. The largest absolute Gasteiger partial charge is 0.499 e. The summed E-state index contributed by atoms with van der Waals surface area (Å²) in [6.45, 7) is 9.65. The molecule has 0 saturated heterocycles. The van der Waals surface area contributed by atoms with E-state index in [0.717, 1.165) is 0 Å². The topological polar surface area (TPSA) is 47.9 Å². The molecule has 0 aliphatic carbocycles. The number of hydrogen-bond acceptors (Lipinski definition) is 4. The van der Waals surface area contributed by atoms with Gasteiger partial charge in [0.1, 0.15) is 6.61 Å². The summed E-state index contributed by atoms with van der Waals surface area (Å²) in [4.78, 5) is 0. The van der Waals surface area contributed by atoms with Crippen molar-refractivity contribution in [1.82, 2.24) is 0 Å². The van der Waals surface area contributed by atoms with Crippen LogP contribution < -0.4 is 0 Å². The van der Waals surface area contributed by atoms with Gasteiger partial charge in [-0.3, -0.25) is 0 Å². The maximum Gasteiger partial charge on any atom is 0.163 e. The molecule has 0 bridgehead atoms. The molecule has 0 spiro atoms. The van der Waals surface area contributed by atoms with Crippen LogP contribution in [0.15, 0.2) is 12.8 Å². The van der Waals surface area contributed by atoms with E-state index in [9.17, 15) is 0 Å². The normalized spacial score (nSPS) is 13.7. The zero-order chi connectivity index (χ0) is 11.0. The summed E-state index contributed by atoms with van der Waals surface area (Å²) in [5, 5.41) is 8.79. The molecule has 0 saturated carbocycles. The van der Waals surface area contributed by atoms with Gasteiger partial charge in [-0.2, -0.15) is 0 Å². The van der Waals surface area contributed by atoms with Crippen LogP contribution in [0.3, 0.4) is 0 Å². The lowest BCUT2D eigenvalue weighted by atomic mass is 10.3. The summed E-state index contributed by atoms with van der Waals surface area (Å²) in [7, 11) is 0. The average Bonchev–Trinajstić information content (AvgIpc) is 2.12. The molecule has 0 aliphatic heterocycles. The van der Waals surface area contributed by atoms with Gasteiger partial charge in [-0.1, -0.05) is 6.58 Å². The predicted molar refractivity (Wildman–Crippen MR) is 53.8 cm³/mol. The molecule has 0 rings (SSSR count). The van der Waals surface area contributed by atoms with E-state index in [-0.39, 0.29) is 12.7 Å². The average molecular weight is 204 g/mol. The molecule has 1 unspecified atom stereocenters. The summed E-state index contributed by atoms with van der Waals surface area (Å²) in [5.41, 5.74) is 0. The van der Waals surface area contributed by atoms with Crippen molar-refractivity contribution in [3.63, 3.8) is 0 Å². The van der Waals surface area contributed by atoms with Gasteiger partial charge in [0.25, 0.3) is 0 Å². The number of aliphatic hydroxyl groups is 1. The molecule has 0 heterocycles. The fourth-order valence-electron chi connectivity index (χ4n) is 0.975. The Balaban J connectivity index is 3.65. The standard InChI is InChI=1S/C10H20O4/c1-5-12-6-7-13-10(3,4)14-9(2)8-11/h5,9,11H,1,6-8H2,2-4H3. The van der Waals surface area contributed by atoms with Crippen LogP contribution in [0.1, 0.15) is 20.8 Å². The fourth-order valence-corrected chi connectivity index (χ4v) is 0.975. The van der Waals surface area contributed by atoms with Gasteiger partial charge in [0.15, 0.2) is 5.79 Å². The lowest BCUT2D eigenvalue weighted by molar-refractivity contribution is -0.241. The van der Waals surface area contributed by atoms with Gasteiger partial charge in [0.05, 0.1) is 25.6 Å². The third kappa shape index (κ3) is 6.88. The Morgan fingerprint density at radius 2 is 2.07 bits per heavy atom. The summed E-state index contributed by atoms with van der Waals surface area (Å²) in [5.74, 6) is -0.702. The number of ether oxygens (including phenoxy) is 3. The second-order valence-corrected chi connectivity index (χ2v) is 3.40. The summed E-state index contributed by atoms with van der Waals surface area (Å²) >= 11 is 0. The molecule has 1 atom stereocenters. The molecule has 1 N–H and O–H groups in total. The number of aliphatic hydroxyl groups excluding tert-OH is 1. The zero-order valence-electron chi connectivity index (χ0n) is 9.16. The van der Waals surface area contributed by atoms with Crippen molar-refractivity contribution in [2.45, 2.75) is 32.7 Å². The van der Waals surface area contributed by atoms with Crippen LogP contribution in [-0.4, -0.2) is 36.8 Å². The van der Waals surface area contributed by atoms with E-state index in [0.29, 0.717) is 13.2 Å². The Bertz CT molecular complexity index is 156. The van der Waals surface area contributed by atoms with Crippen molar-refractivity contribution in [3.05, 3.63) is 12.8 Å². The summed E-state index contributed by atoms with van der Waals surface area (Å²) in [6, 6.07) is 0. The van der Waals surface area contributed by atoms with Gasteiger partial charge in [0, 0.05) is 0 Å². The first-order chi connectivity index (χ1) is 6.52. The molecule has 14 heavy (non-hydrogen) atoms. The van der Waals surface area contributed by atoms with Gasteiger partial charge in [-0.05, 0) is 20.8 Å². The fraction of sp³-hybridized carbons (Fsp3) is 0.800. The van der Waals surface area contributed by atoms with E-state index >= 15 is 0 Å². The van der Waals surface area contributed by atoms with Crippen molar-refractivity contribution in [2.24, 2.45) is 0 Å². The van der Waals surface area contributed by atoms with Crippen molar-refractivity contribution in [1.29, 1.82) is 0 Å². The second kappa shape index (κ2) is 6.81. The van der Waals surface area contributed by atoms with Crippen LogP contribution in [0.5, 0.6) is 0 Å². The van der Waals surface area contributed by atoms with Crippen LogP contribution in [0, 0.1) is 0 Å². The predicted octanol–water partition coefficient (Wildman–Crippen LogP) is 1.30. The second-order valence-electron chi connectivity index (χ2n) is 3.40. The first kappa shape index (κ1) is 13.4. The quantitative estimate of drug-likeness (QED) is 0.368. The lowest BCUT2D eigenvalue weighted by Crippen LogP contribution is -2.34. The third-order valence-electron chi connectivity index (χ3n) is 1.51. The van der Waals surface area contributed by atoms with E-state index in [4.69, 9.17) is 19.3 Å². The first-order valence-corrected chi connectivity index (χ1v) is 4.67. The molecule has 0 aromatic heterocycles. The molecule has 0 aliphatic rings. The molecule has 4 nitrogen and oxygen atoms in total. The van der Waals surface area contributed by atoms with E-state index in [1.54, 1.807) is 20.8 Å². The van der Waals surface area contributed by atoms with Crippen LogP contribution in [0.25, 0.3) is 0 Å². The van der Waals surface area contributed by atoms with E-state index in [2.05, 4.69) is 6.58 Å². The highest BCUT2D eigenvalue weighted by molar-refractivity contribution is 4.58. The minimum atomic E-state index is -0.702. The Hall–Kier alpha value is -0.580. The van der Waals surface area contributed by atoms with Crippen molar-refractivity contribution < 1.29 is 19.3 Å². The number of hydrogen-bond donors (Lipinski definition) is 1. The van der Waals surface area contributed by atoms with E-state index < -0.39 is 5.79 Å². The van der Waals surface area contributed by atoms with Crippen LogP contribution in [-0.2, 0) is 14.2 Å². The van der Waals surface area contributed by atoms with Crippen molar-refractivity contribution in [3.8, 4) is 0 Å². The highest BCUT2D eigenvalue weighted by Gasteiger charge is 2.21. The van der Waals surface area contributed by atoms with Gasteiger partial charge >= 0.3 is 0 Å². The highest BCUT2D eigenvalue weighted by atomic mass is 16.7. The lowest BCUT2D eigenvalue weighted by Gasteiger charge is -2.28. The molecule has 4 heteroatoms. The minimum absolute atomic E-state index is 0.0179. The molecule has 0 fully saturated rings. The zero-order valence-corrected chi connectivity index (χ0v) is 9.16. The maximum absolute atomic E-state index is 8.79. The van der Waals surface area contributed by atoms with Crippen LogP contribution in [0.2, 0.25) is 0 Å². The number of rotatable bonds is 8.